The van der Waals surface area contributed by atoms with E-state index in [0.29, 0.717) is 47.2 Å². The van der Waals surface area contributed by atoms with Gasteiger partial charge in [-0.05, 0) is 36.6 Å². The van der Waals surface area contributed by atoms with Crippen molar-refractivity contribution in [3.8, 4) is 5.88 Å². The number of nitrogens with two attached hydrogens (primary N) is 1. The summed E-state index contributed by atoms with van der Waals surface area (Å²) in [6, 6.07) is 10.1. The Labute approximate surface area is 228 Å². The maximum absolute atomic E-state index is 14.1. The third-order valence-electron chi connectivity index (χ3n) is 7.12. The number of hydrogen-bond acceptors (Lipinski definition) is 8. The second-order valence-electron chi connectivity index (χ2n) is 9.71. The Morgan fingerprint density at radius 3 is 2.90 bits per heavy atom. The van der Waals surface area contributed by atoms with Crippen molar-refractivity contribution in [2.75, 3.05) is 13.2 Å². The summed E-state index contributed by atoms with van der Waals surface area (Å²) < 4.78 is 27.7. The predicted octanol–water partition coefficient (Wildman–Crippen LogP) is 3.64. The molecule has 0 bridgehead atoms. The highest BCUT2D eigenvalue weighted by Crippen LogP contribution is 2.25. The lowest BCUT2D eigenvalue weighted by molar-refractivity contribution is -0.0592. The predicted molar refractivity (Wildman–Crippen MR) is 142 cm³/mol. The number of hydrogen-bond donors (Lipinski definition) is 2. The average Bonchev–Trinajstić information content (AvgIpc) is 3.25. The highest BCUT2D eigenvalue weighted by atomic mass is 35.5. The minimum Gasteiger partial charge on any atom is -0.473 e. The number of ether oxygens (including phenoxy) is 2. The van der Waals surface area contributed by atoms with E-state index >= 15 is 0 Å². The van der Waals surface area contributed by atoms with Gasteiger partial charge in [0.25, 0.3) is 0 Å². The van der Waals surface area contributed by atoms with Crippen LogP contribution in [0.5, 0.6) is 5.88 Å². The molecular formula is C27H27ClFN7O3. The monoisotopic (exact) mass is 551 g/mol. The summed E-state index contributed by atoms with van der Waals surface area (Å²) >= 11 is 5.85. The largest absolute Gasteiger partial charge is 0.473 e. The molecule has 2 aliphatic heterocycles. The van der Waals surface area contributed by atoms with Gasteiger partial charge in [-0.2, -0.15) is 0 Å². The summed E-state index contributed by atoms with van der Waals surface area (Å²) in [4.78, 5) is 16.4. The quantitative estimate of drug-likeness (QED) is 0.147. The first-order valence-corrected chi connectivity index (χ1v) is 13.1. The molecule has 202 valence electrons. The van der Waals surface area contributed by atoms with Crippen LogP contribution in [0, 0.1) is 5.82 Å². The van der Waals surface area contributed by atoms with Gasteiger partial charge in [-0.25, -0.2) is 19.3 Å². The van der Waals surface area contributed by atoms with Crippen LogP contribution in [0.25, 0.3) is 11.2 Å². The van der Waals surface area contributed by atoms with Gasteiger partial charge in [0.1, 0.15) is 23.8 Å². The number of fused-ring (bicyclic) bond motifs is 2. The maximum atomic E-state index is 14.1. The van der Waals surface area contributed by atoms with Crippen LogP contribution in [-0.4, -0.2) is 54.7 Å². The fourth-order valence-electron chi connectivity index (χ4n) is 4.85. The summed E-state index contributed by atoms with van der Waals surface area (Å²) in [5, 5.41) is 12.5. The number of benzene rings is 1. The lowest BCUT2D eigenvalue weighted by Gasteiger charge is -2.30. The molecule has 1 fully saturated rings. The molecule has 1 saturated heterocycles. The molecule has 3 N–H and O–H groups in total. The van der Waals surface area contributed by atoms with Crippen molar-refractivity contribution in [2.24, 2.45) is 10.9 Å². The smallest absolute Gasteiger partial charge is 0.213 e. The van der Waals surface area contributed by atoms with E-state index in [9.17, 15) is 4.39 Å². The van der Waals surface area contributed by atoms with Crippen molar-refractivity contribution in [3.05, 3.63) is 81.6 Å². The molecule has 4 aromatic rings. The molecule has 1 atom stereocenters. The van der Waals surface area contributed by atoms with Crippen molar-refractivity contribution in [2.45, 2.75) is 45.2 Å². The second kappa shape index (κ2) is 10.8. The van der Waals surface area contributed by atoms with E-state index in [-0.39, 0.29) is 18.5 Å². The van der Waals surface area contributed by atoms with E-state index < -0.39 is 5.82 Å². The molecule has 1 aromatic carbocycles. The molecule has 12 heteroatoms. The van der Waals surface area contributed by atoms with Gasteiger partial charge in [-0.1, -0.05) is 28.9 Å². The van der Waals surface area contributed by atoms with E-state index in [1.165, 1.54) is 6.07 Å². The van der Waals surface area contributed by atoms with Crippen molar-refractivity contribution in [1.29, 1.82) is 0 Å². The van der Waals surface area contributed by atoms with Gasteiger partial charge in [0, 0.05) is 48.1 Å². The first kappa shape index (κ1) is 25.5. The zero-order valence-electron chi connectivity index (χ0n) is 21.1. The minimum atomic E-state index is -0.408. The van der Waals surface area contributed by atoms with Gasteiger partial charge < -0.3 is 25.0 Å². The van der Waals surface area contributed by atoms with E-state index in [1.807, 2.05) is 12.1 Å². The third kappa shape index (κ3) is 5.38. The summed E-state index contributed by atoms with van der Waals surface area (Å²) in [6.45, 7) is 3.53. The van der Waals surface area contributed by atoms with Crippen LogP contribution in [0.4, 0.5) is 4.39 Å². The first-order valence-electron chi connectivity index (χ1n) is 12.7. The van der Waals surface area contributed by atoms with Gasteiger partial charge in [-0.3, -0.25) is 4.90 Å². The van der Waals surface area contributed by atoms with Gasteiger partial charge in [0.05, 0.1) is 24.9 Å². The SMILES string of the molecule is N/C(=N\O)c1cnc2c(c1)nc(CN1CCc3ccc(OCc4ccc(Cl)cc4F)nc3C1)n2C[C@@H]1CCO1. The molecule has 0 saturated carbocycles. The molecule has 0 spiro atoms. The van der Waals surface area contributed by atoms with Gasteiger partial charge in [0.2, 0.25) is 5.88 Å². The molecule has 5 heterocycles. The first-order chi connectivity index (χ1) is 19.0. The zero-order chi connectivity index (χ0) is 26.9. The van der Waals surface area contributed by atoms with Crippen LogP contribution >= 0.6 is 11.6 Å². The molecule has 2 aliphatic rings. The molecule has 0 amide bonds. The maximum Gasteiger partial charge on any atom is 0.213 e. The summed E-state index contributed by atoms with van der Waals surface area (Å²) in [5.41, 5.74) is 10.2. The van der Waals surface area contributed by atoms with Crippen LogP contribution in [0.1, 0.15) is 34.6 Å². The Morgan fingerprint density at radius 1 is 1.26 bits per heavy atom. The number of pyridine rings is 2. The minimum absolute atomic E-state index is 0.0154. The van der Waals surface area contributed by atoms with Gasteiger partial charge >= 0.3 is 0 Å². The lowest BCUT2D eigenvalue weighted by Crippen LogP contribution is -2.34. The molecular weight excluding hydrogens is 525 g/mol. The summed E-state index contributed by atoms with van der Waals surface area (Å²) in [7, 11) is 0. The van der Waals surface area contributed by atoms with Crippen molar-refractivity contribution < 1.29 is 19.1 Å². The van der Waals surface area contributed by atoms with Gasteiger partial charge in [0.15, 0.2) is 11.5 Å². The Morgan fingerprint density at radius 2 is 2.13 bits per heavy atom. The van der Waals surface area contributed by atoms with Crippen LogP contribution < -0.4 is 10.5 Å². The number of amidine groups is 1. The molecule has 0 radical (unpaired) electrons. The van der Waals surface area contributed by atoms with E-state index in [1.54, 1.807) is 24.4 Å². The Kier molecular flexibility index (Phi) is 7.03. The fraction of sp³-hybridized carbons (Fsp3) is 0.333. The topological polar surface area (TPSA) is 124 Å². The average molecular weight is 552 g/mol. The number of halogens is 2. The standard InChI is InChI=1S/C27H27ClFN7O3/c28-19-3-1-17(21(29)10-19)15-39-25-4-2-16-5-7-35(13-23(16)33-25)14-24-32-22-9-18(26(30)34-37)11-31-27(22)36(24)12-20-6-8-38-20/h1-4,9-11,20,37H,5-8,12-15H2,(H2,30,34)/t20-/m0/s1. The number of rotatable bonds is 8. The van der Waals surface area contributed by atoms with Crippen molar-refractivity contribution in [1.82, 2.24) is 24.4 Å². The number of nitrogens with zero attached hydrogens (tertiary/aromatic N) is 6. The highest BCUT2D eigenvalue weighted by Gasteiger charge is 2.25. The number of aromatic nitrogens is 4. The number of oxime groups is 1. The Balaban J connectivity index is 1.20. The second-order valence-corrected chi connectivity index (χ2v) is 10.1. The Hall–Kier alpha value is -3.80. The molecule has 39 heavy (non-hydrogen) atoms. The normalized spacial score (nSPS) is 17.7. The van der Waals surface area contributed by atoms with E-state index in [0.717, 1.165) is 48.7 Å². The van der Waals surface area contributed by atoms with Crippen molar-refractivity contribution >= 4 is 28.6 Å². The van der Waals surface area contributed by atoms with Gasteiger partial charge in [-0.15, -0.1) is 0 Å². The Bertz CT molecular complexity index is 1560. The molecule has 3 aromatic heterocycles. The van der Waals surface area contributed by atoms with E-state index in [2.05, 4.69) is 19.6 Å². The van der Waals surface area contributed by atoms with Crippen LogP contribution in [0.15, 0.2) is 47.8 Å². The lowest BCUT2D eigenvalue weighted by atomic mass is 10.1. The highest BCUT2D eigenvalue weighted by molar-refractivity contribution is 6.30. The van der Waals surface area contributed by atoms with Crippen LogP contribution in [0.2, 0.25) is 5.02 Å². The fourth-order valence-corrected chi connectivity index (χ4v) is 5.01. The molecule has 0 unspecified atom stereocenters. The summed E-state index contributed by atoms with van der Waals surface area (Å²) in [6.07, 6.45) is 3.54. The van der Waals surface area contributed by atoms with Crippen molar-refractivity contribution in [3.63, 3.8) is 0 Å². The third-order valence-corrected chi connectivity index (χ3v) is 7.35. The molecule has 6 rings (SSSR count). The molecule has 0 aliphatic carbocycles. The van der Waals surface area contributed by atoms with E-state index in [4.69, 9.17) is 42.0 Å². The number of imidazole rings is 1. The summed E-state index contributed by atoms with van der Waals surface area (Å²) in [5.74, 6) is 0.881. The van der Waals surface area contributed by atoms with Crippen LogP contribution in [0.3, 0.4) is 0 Å². The molecule has 10 nitrogen and oxygen atoms in total. The zero-order valence-corrected chi connectivity index (χ0v) is 21.8. The van der Waals surface area contributed by atoms with Crippen LogP contribution in [-0.2, 0) is 37.4 Å².